The van der Waals surface area contributed by atoms with E-state index in [1.54, 1.807) is 0 Å². The minimum absolute atomic E-state index is 0.388. The highest BCUT2D eigenvalue weighted by Crippen LogP contribution is 2.10. The van der Waals surface area contributed by atoms with Gasteiger partial charge in [0.05, 0.1) is 0 Å². The van der Waals surface area contributed by atoms with E-state index >= 15 is 0 Å². The molecule has 0 heterocycles. The van der Waals surface area contributed by atoms with Crippen LogP contribution in [0.4, 0.5) is 0 Å². The molecule has 0 radical (unpaired) electrons. The second kappa shape index (κ2) is 6.41. The quantitative estimate of drug-likeness (QED) is 0.343. The Bertz CT molecular complexity index is 140. The molecule has 0 atom stereocenters. The van der Waals surface area contributed by atoms with Crippen LogP contribution < -0.4 is 0 Å². The summed E-state index contributed by atoms with van der Waals surface area (Å²) in [4.78, 5) is 10.5. The second-order valence-corrected chi connectivity index (χ2v) is 3.03. The lowest BCUT2D eigenvalue weighted by Crippen LogP contribution is -1.91. The summed E-state index contributed by atoms with van der Waals surface area (Å²) < 4.78 is 0. The topological polar surface area (TPSA) is 17.1 Å². The van der Waals surface area contributed by atoms with E-state index in [9.17, 15) is 4.79 Å². The van der Waals surface area contributed by atoms with Gasteiger partial charge in [-0.25, -0.2) is 0 Å². The first-order chi connectivity index (χ1) is 5.18. The Morgan fingerprint density at radius 1 is 1.36 bits per heavy atom. The van der Waals surface area contributed by atoms with Crippen molar-refractivity contribution in [2.75, 3.05) is 0 Å². The van der Waals surface area contributed by atoms with Gasteiger partial charge in [0.25, 0.3) is 0 Å². The fraction of sp³-hybridized carbons (Fsp3) is 0.667. The molecule has 0 aromatic carbocycles. The van der Waals surface area contributed by atoms with E-state index in [0.29, 0.717) is 5.57 Å². The summed E-state index contributed by atoms with van der Waals surface area (Å²) in [6.45, 7) is 5.72. The predicted octanol–water partition coefficient (Wildman–Crippen LogP) is 3.28. The third-order valence-corrected chi connectivity index (χ3v) is 1.88. The van der Waals surface area contributed by atoms with Crippen LogP contribution in [0.3, 0.4) is 0 Å². The Kier molecular flexibility index (Phi) is 6.24. The van der Waals surface area contributed by atoms with Crippen LogP contribution in [0.15, 0.2) is 12.2 Å². The van der Waals surface area contributed by atoms with Crippen LogP contribution in [0.5, 0.6) is 0 Å². The van der Waals surface area contributed by atoms with Gasteiger partial charge in [-0.05, 0) is 24.4 Å². The summed E-state index contributed by atoms with van der Waals surface area (Å²) in [5.41, 5.74) is 0.544. The lowest BCUT2D eigenvalue weighted by Gasteiger charge is -1.98. The molecule has 11 heavy (non-hydrogen) atoms. The lowest BCUT2D eigenvalue weighted by molar-refractivity contribution is -0.108. The first kappa shape index (κ1) is 10.7. The van der Waals surface area contributed by atoms with Gasteiger partial charge >= 0.3 is 0 Å². The van der Waals surface area contributed by atoms with E-state index in [2.05, 4.69) is 13.5 Å². The van der Waals surface area contributed by atoms with Crippen LogP contribution in [0, 0.1) is 0 Å². The summed E-state index contributed by atoms with van der Waals surface area (Å²) in [7, 11) is 0. The third kappa shape index (κ3) is 6.11. The Morgan fingerprint density at radius 3 is 2.45 bits per heavy atom. The van der Waals surface area contributed by atoms with Crippen LogP contribution in [0.25, 0.3) is 0 Å². The maximum absolute atomic E-state index is 10.5. The summed E-state index contributed by atoms with van der Waals surface area (Å²) in [5, 5.41) is -0.388. The number of allylic oxidation sites excluding steroid dienone is 1. The molecular formula is C9H15ClO. The summed E-state index contributed by atoms with van der Waals surface area (Å²) in [6.07, 6.45) is 5.39. The molecule has 0 aliphatic rings. The Balaban J connectivity index is 3.25. The van der Waals surface area contributed by atoms with E-state index in [4.69, 9.17) is 11.6 Å². The minimum atomic E-state index is -0.388. The SMILES string of the molecule is C=C(CCCCCC)C(=O)Cl. The minimum Gasteiger partial charge on any atom is -0.276 e. The van der Waals surface area contributed by atoms with Crippen molar-refractivity contribution in [3.8, 4) is 0 Å². The Morgan fingerprint density at radius 2 is 2.00 bits per heavy atom. The number of rotatable bonds is 6. The molecule has 0 saturated carbocycles. The smallest absolute Gasteiger partial charge is 0.247 e. The van der Waals surface area contributed by atoms with Gasteiger partial charge < -0.3 is 0 Å². The number of carbonyl (C=O) groups is 1. The molecule has 0 bridgehead atoms. The first-order valence-electron chi connectivity index (χ1n) is 4.06. The van der Waals surface area contributed by atoms with Gasteiger partial charge in [0.15, 0.2) is 0 Å². The van der Waals surface area contributed by atoms with Crippen molar-refractivity contribution in [2.24, 2.45) is 0 Å². The average molecular weight is 175 g/mol. The second-order valence-electron chi connectivity index (χ2n) is 2.69. The molecule has 0 rings (SSSR count). The zero-order valence-corrected chi connectivity index (χ0v) is 7.78. The van der Waals surface area contributed by atoms with Crippen LogP contribution in [-0.4, -0.2) is 5.24 Å². The molecule has 2 heteroatoms. The number of hydrogen-bond donors (Lipinski definition) is 0. The zero-order chi connectivity index (χ0) is 8.69. The molecule has 0 amide bonds. The standard InChI is InChI=1S/C9H15ClO/c1-3-4-5-6-7-8(2)9(10)11/h2-7H2,1H3. The van der Waals surface area contributed by atoms with Crippen molar-refractivity contribution < 1.29 is 4.79 Å². The monoisotopic (exact) mass is 174 g/mol. The van der Waals surface area contributed by atoms with E-state index in [1.807, 2.05) is 0 Å². The molecule has 0 unspecified atom stereocenters. The number of carbonyl (C=O) groups excluding carboxylic acids is 1. The third-order valence-electron chi connectivity index (χ3n) is 1.61. The molecule has 0 aliphatic heterocycles. The molecule has 0 aromatic rings. The van der Waals surface area contributed by atoms with Crippen molar-refractivity contribution in [2.45, 2.75) is 39.0 Å². The summed E-state index contributed by atoms with van der Waals surface area (Å²) >= 11 is 5.20. The maximum atomic E-state index is 10.5. The van der Waals surface area contributed by atoms with Gasteiger partial charge in [0.1, 0.15) is 0 Å². The molecule has 1 nitrogen and oxygen atoms in total. The van der Waals surface area contributed by atoms with E-state index < -0.39 is 0 Å². The molecule has 0 spiro atoms. The van der Waals surface area contributed by atoms with Crippen molar-refractivity contribution in [1.82, 2.24) is 0 Å². The van der Waals surface area contributed by atoms with Crippen LogP contribution in [0.2, 0.25) is 0 Å². The molecule has 64 valence electrons. The highest BCUT2D eigenvalue weighted by atomic mass is 35.5. The molecule has 0 aromatic heterocycles. The van der Waals surface area contributed by atoms with Gasteiger partial charge in [-0.2, -0.15) is 0 Å². The molecular weight excluding hydrogens is 160 g/mol. The molecule has 0 fully saturated rings. The van der Waals surface area contributed by atoms with Crippen molar-refractivity contribution in [3.05, 3.63) is 12.2 Å². The van der Waals surface area contributed by atoms with Gasteiger partial charge in [0.2, 0.25) is 5.24 Å². The molecule has 0 aliphatic carbocycles. The van der Waals surface area contributed by atoms with Crippen LogP contribution in [-0.2, 0) is 4.79 Å². The largest absolute Gasteiger partial charge is 0.276 e. The van der Waals surface area contributed by atoms with Gasteiger partial charge in [-0.15, -0.1) is 0 Å². The summed E-state index contributed by atoms with van der Waals surface area (Å²) in [6, 6.07) is 0. The van der Waals surface area contributed by atoms with Gasteiger partial charge in [-0.3, -0.25) is 4.79 Å². The van der Waals surface area contributed by atoms with Crippen molar-refractivity contribution in [3.63, 3.8) is 0 Å². The van der Waals surface area contributed by atoms with E-state index in [1.165, 1.54) is 19.3 Å². The number of unbranched alkanes of at least 4 members (excludes halogenated alkanes) is 3. The lowest BCUT2D eigenvalue weighted by atomic mass is 10.1. The summed E-state index contributed by atoms with van der Waals surface area (Å²) in [5.74, 6) is 0. The maximum Gasteiger partial charge on any atom is 0.247 e. The van der Waals surface area contributed by atoms with Crippen molar-refractivity contribution in [1.29, 1.82) is 0 Å². The highest BCUT2D eigenvalue weighted by Gasteiger charge is 2.00. The Hall–Kier alpha value is -0.300. The molecule has 0 N–H and O–H groups in total. The fourth-order valence-corrected chi connectivity index (χ4v) is 0.958. The number of hydrogen-bond acceptors (Lipinski definition) is 1. The normalized spacial score (nSPS) is 9.64. The zero-order valence-electron chi connectivity index (χ0n) is 7.03. The van der Waals surface area contributed by atoms with Crippen LogP contribution in [0.1, 0.15) is 39.0 Å². The Labute approximate surface area is 73.4 Å². The van der Waals surface area contributed by atoms with Crippen LogP contribution >= 0.6 is 11.6 Å². The average Bonchev–Trinajstić information content (AvgIpc) is 1.97. The van der Waals surface area contributed by atoms with E-state index in [-0.39, 0.29) is 5.24 Å². The van der Waals surface area contributed by atoms with Gasteiger partial charge in [0, 0.05) is 5.57 Å². The van der Waals surface area contributed by atoms with E-state index in [0.717, 1.165) is 12.8 Å². The van der Waals surface area contributed by atoms with Crippen molar-refractivity contribution >= 4 is 16.8 Å². The highest BCUT2D eigenvalue weighted by molar-refractivity contribution is 6.67. The molecule has 0 saturated heterocycles. The number of halogens is 1. The van der Waals surface area contributed by atoms with Gasteiger partial charge in [-0.1, -0.05) is 32.8 Å². The fourth-order valence-electron chi connectivity index (χ4n) is 0.863. The first-order valence-corrected chi connectivity index (χ1v) is 4.44. The predicted molar refractivity (Wildman–Crippen MR) is 48.8 cm³/mol.